The van der Waals surface area contributed by atoms with Gasteiger partial charge in [-0.1, -0.05) is 6.07 Å². The van der Waals surface area contributed by atoms with Crippen LogP contribution in [0.25, 0.3) is 0 Å². The number of halogens is 1. The number of hydrogen-bond donors (Lipinski definition) is 0. The predicted molar refractivity (Wildman–Crippen MR) is 49.2 cm³/mol. The van der Waals surface area contributed by atoms with Crippen molar-refractivity contribution in [1.82, 2.24) is 0 Å². The lowest BCUT2D eigenvalue weighted by atomic mass is 10.1. The molecule has 0 saturated heterocycles. The third-order valence-corrected chi connectivity index (χ3v) is 2.73. The van der Waals surface area contributed by atoms with E-state index in [1.54, 1.807) is 20.1 Å². The molecule has 13 heavy (non-hydrogen) atoms. The van der Waals surface area contributed by atoms with Gasteiger partial charge in [-0.3, -0.25) is 0 Å². The molecule has 0 saturated carbocycles. The Kier molecular flexibility index (Phi) is 2.08. The normalized spacial score (nSPS) is 20.4. The van der Waals surface area contributed by atoms with Crippen molar-refractivity contribution in [3.8, 4) is 0 Å². The Hall–Kier alpha value is -0.890. The van der Waals surface area contributed by atoms with Gasteiger partial charge in [0.25, 0.3) is 0 Å². The SMILES string of the molecule is COC1CCc2cc(C)c(F)cc21. The number of fused-ring (bicyclic) bond motifs is 1. The molecule has 1 unspecified atom stereocenters. The molecular weight excluding hydrogens is 167 g/mol. The van der Waals surface area contributed by atoms with E-state index in [1.807, 2.05) is 6.07 Å². The van der Waals surface area contributed by atoms with Crippen molar-refractivity contribution in [3.63, 3.8) is 0 Å². The fourth-order valence-corrected chi connectivity index (χ4v) is 1.96. The molecule has 0 radical (unpaired) electrons. The maximum Gasteiger partial charge on any atom is 0.126 e. The maximum absolute atomic E-state index is 13.2. The van der Waals surface area contributed by atoms with E-state index in [1.165, 1.54) is 5.56 Å². The van der Waals surface area contributed by atoms with Crippen molar-refractivity contribution < 1.29 is 9.13 Å². The number of hydrogen-bond acceptors (Lipinski definition) is 1. The molecule has 0 fully saturated rings. The smallest absolute Gasteiger partial charge is 0.126 e. The quantitative estimate of drug-likeness (QED) is 0.645. The van der Waals surface area contributed by atoms with E-state index >= 15 is 0 Å². The average Bonchev–Trinajstić information content (AvgIpc) is 2.48. The van der Waals surface area contributed by atoms with Crippen LogP contribution < -0.4 is 0 Å². The first-order valence-electron chi connectivity index (χ1n) is 4.54. The molecule has 0 amide bonds. The molecule has 1 aromatic rings. The Morgan fingerprint density at radius 1 is 1.46 bits per heavy atom. The standard InChI is InChI=1S/C11H13FO/c1-7-5-8-3-4-11(13-2)9(8)6-10(7)12/h5-6,11H,3-4H2,1-2H3. The summed E-state index contributed by atoms with van der Waals surface area (Å²) in [6.07, 6.45) is 2.09. The summed E-state index contributed by atoms with van der Waals surface area (Å²) in [7, 11) is 1.68. The van der Waals surface area contributed by atoms with Gasteiger partial charge in [-0.25, -0.2) is 4.39 Å². The second-order valence-electron chi connectivity index (χ2n) is 3.56. The van der Waals surface area contributed by atoms with Crippen LogP contribution in [0.15, 0.2) is 12.1 Å². The first-order chi connectivity index (χ1) is 6.22. The first kappa shape index (κ1) is 8.70. The minimum Gasteiger partial charge on any atom is -0.377 e. The van der Waals surface area contributed by atoms with Gasteiger partial charge in [-0.15, -0.1) is 0 Å². The average molecular weight is 180 g/mol. The fourth-order valence-electron chi connectivity index (χ4n) is 1.96. The number of aryl methyl sites for hydroxylation is 2. The Labute approximate surface area is 77.5 Å². The van der Waals surface area contributed by atoms with E-state index in [4.69, 9.17) is 4.74 Å². The van der Waals surface area contributed by atoms with Crippen LogP contribution in [0.4, 0.5) is 4.39 Å². The highest BCUT2D eigenvalue weighted by atomic mass is 19.1. The van der Waals surface area contributed by atoms with Gasteiger partial charge in [-0.05, 0) is 42.5 Å². The van der Waals surface area contributed by atoms with Crippen molar-refractivity contribution in [1.29, 1.82) is 0 Å². The summed E-state index contributed by atoms with van der Waals surface area (Å²) in [4.78, 5) is 0. The molecule has 0 spiro atoms. The lowest BCUT2D eigenvalue weighted by Crippen LogP contribution is -1.97. The maximum atomic E-state index is 13.2. The molecule has 1 atom stereocenters. The fraction of sp³-hybridized carbons (Fsp3) is 0.455. The number of ether oxygens (including phenoxy) is 1. The second-order valence-corrected chi connectivity index (χ2v) is 3.56. The summed E-state index contributed by atoms with van der Waals surface area (Å²) in [6, 6.07) is 3.55. The highest BCUT2D eigenvalue weighted by Crippen LogP contribution is 2.34. The van der Waals surface area contributed by atoms with E-state index in [0.717, 1.165) is 24.0 Å². The van der Waals surface area contributed by atoms with Crippen molar-refractivity contribution in [3.05, 3.63) is 34.6 Å². The molecule has 1 aliphatic carbocycles. The Morgan fingerprint density at radius 3 is 2.92 bits per heavy atom. The highest BCUT2D eigenvalue weighted by Gasteiger charge is 2.23. The monoisotopic (exact) mass is 180 g/mol. The summed E-state index contributed by atoms with van der Waals surface area (Å²) >= 11 is 0. The van der Waals surface area contributed by atoms with Gasteiger partial charge in [0, 0.05) is 7.11 Å². The van der Waals surface area contributed by atoms with E-state index in [2.05, 4.69) is 0 Å². The Balaban J connectivity index is 2.47. The highest BCUT2D eigenvalue weighted by molar-refractivity contribution is 5.37. The Bertz CT molecular complexity index is 333. The minimum absolute atomic E-state index is 0.102. The molecule has 0 bridgehead atoms. The zero-order valence-corrected chi connectivity index (χ0v) is 7.93. The number of rotatable bonds is 1. The molecule has 0 N–H and O–H groups in total. The van der Waals surface area contributed by atoms with Gasteiger partial charge >= 0.3 is 0 Å². The lowest BCUT2D eigenvalue weighted by molar-refractivity contribution is 0.105. The molecule has 70 valence electrons. The zero-order chi connectivity index (χ0) is 9.42. The zero-order valence-electron chi connectivity index (χ0n) is 7.93. The van der Waals surface area contributed by atoms with E-state index < -0.39 is 0 Å². The Morgan fingerprint density at radius 2 is 2.23 bits per heavy atom. The van der Waals surface area contributed by atoms with Crippen LogP contribution in [0.5, 0.6) is 0 Å². The summed E-state index contributed by atoms with van der Waals surface area (Å²) in [5, 5.41) is 0. The first-order valence-corrected chi connectivity index (χ1v) is 4.54. The summed E-state index contributed by atoms with van der Waals surface area (Å²) in [5.41, 5.74) is 3.01. The van der Waals surface area contributed by atoms with Crippen LogP contribution in [0.3, 0.4) is 0 Å². The van der Waals surface area contributed by atoms with Crippen molar-refractivity contribution >= 4 is 0 Å². The van der Waals surface area contributed by atoms with Gasteiger partial charge < -0.3 is 4.74 Å². The molecule has 2 rings (SSSR count). The minimum atomic E-state index is -0.122. The van der Waals surface area contributed by atoms with Gasteiger partial charge in [-0.2, -0.15) is 0 Å². The van der Waals surface area contributed by atoms with E-state index in [0.29, 0.717) is 0 Å². The van der Waals surface area contributed by atoms with Crippen LogP contribution >= 0.6 is 0 Å². The second kappa shape index (κ2) is 3.11. The van der Waals surface area contributed by atoms with Crippen LogP contribution in [0.2, 0.25) is 0 Å². The number of methoxy groups -OCH3 is 1. The summed E-state index contributed by atoms with van der Waals surface area (Å²) in [6.45, 7) is 1.80. The third kappa shape index (κ3) is 1.35. The van der Waals surface area contributed by atoms with Crippen LogP contribution in [0.1, 0.15) is 29.2 Å². The van der Waals surface area contributed by atoms with Gasteiger partial charge in [0.1, 0.15) is 5.82 Å². The molecule has 0 aliphatic heterocycles. The molecule has 0 aromatic heterocycles. The van der Waals surface area contributed by atoms with Crippen LogP contribution in [-0.4, -0.2) is 7.11 Å². The largest absolute Gasteiger partial charge is 0.377 e. The molecule has 1 aliphatic rings. The van der Waals surface area contributed by atoms with Gasteiger partial charge in [0.2, 0.25) is 0 Å². The van der Waals surface area contributed by atoms with Crippen molar-refractivity contribution in [2.24, 2.45) is 0 Å². The number of benzene rings is 1. The van der Waals surface area contributed by atoms with Gasteiger partial charge in [0.15, 0.2) is 0 Å². The van der Waals surface area contributed by atoms with Gasteiger partial charge in [0.05, 0.1) is 6.10 Å². The molecule has 0 heterocycles. The molecule has 1 aromatic carbocycles. The summed E-state index contributed by atoms with van der Waals surface area (Å²) < 4.78 is 18.5. The van der Waals surface area contributed by atoms with Crippen LogP contribution in [-0.2, 0) is 11.2 Å². The molecule has 2 heteroatoms. The lowest BCUT2D eigenvalue weighted by Gasteiger charge is -2.09. The molecular formula is C11H13FO. The van der Waals surface area contributed by atoms with Crippen LogP contribution in [0, 0.1) is 12.7 Å². The summed E-state index contributed by atoms with van der Waals surface area (Å²) in [5.74, 6) is -0.122. The molecule has 1 nitrogen and oxygen atoms in total. The van der Waals surface area contributed by atoms with Crippen molar-refractivity contribution in [2.45, 2.75) is 25.9 Å². The topological polar surface area (TPSA) is 9.23 Å². The third-order valence-electron chi connectivity index (χ3n) is 2.73. The predicted octanol–water partition coefficient (Wildman–Crippen LogP) is 2.77. The van der Waals surface area contributed by atoms with Crippen molar-refractivity contribution in [2.75, 3.05) is 7.11 Å². The van der Waals surface area contributed by atoms with E-state index in [9.17, 15) is 4.39 Å². The van der Waals surface area contributed by atoms with E-state index in [-0.39, 0.29) is 11.9 Å².